The van der Waals surface area contributed by atoms with E-state index < -0.39 is 42.3 Å². The highest BCUT2D eigenvalue weighted by Crippen LogP contribution is 2.31. The molecule has 1 aromatic heterocycles. The van der Waals surface area contributed by atoms with E-state index in [0.29, 0.717) is 0 Å². The van der Waals surface area contributed by atoms with Gasteiger partial charge in [0.05, 0.1) is 12.2 Å². The van der Waals surface area contributed by atoms with E-state index in [1.165, 1.54) is 0 Å². The summed E-state index contributed by atoms with van der Waals surface area (Å²) in [5.41, 5.74) is -0.886. The van der Waals surface area contributed by atoms with Gasteiger partial charge in [-0.1, -0.05) is 0 Å². The molecule has 94 valence electrons. The number of rotatable bonds is 2. The second-order valence-corrected chi connectivity index (χ2v) is 3.69. The zero-order valence-corrected chi connectivity index (χ0v) is 8.57. The lowest BCUT2D eigenvalue weighted by atomic mass is 10.0. The van der Waals surface area contributed by atoms with Crippen LogP contribution in [0.1, 0.15) is 11.7 Å². The number of aliphatic hydroxyl groups is 3. The number of aliphatic hydroxyl groups excluding tert-OH is 3. The Morgan fingerprint density at radius 2 is 2.00 bits per heavy atom. The number of hydrogen-bond acceptors (Lipinski definition) is 7. The van der Waals surface area contributed by atoms with Crippen molar-refractivity contribution < 1.29 is 24.5 Å². The zero-order valence-electron chi connectivity index (χ0n) is 8.57. The van der Waals surface area contributed by atoms with E-state index in [0.717, 1.165) is 6.26 Å². The lowest BCUT2D eigenvalue weighted by Gasteiger charge is -2.12. The summed E-state index contributed by atoms with van der Waals surface area (Å²) in [6, 6.07) is 0. The van der Waals surface area contributed by atoms with Crippen molar-refractivity contribution in [3.05, 3.63) is 32.7 Å². The number of aromatic nitrogens is 1. The van der Waals surface area contributed by atoms with Crippen molar-refractivity contribution >= 4 is 0 Å². The first-order valence-electron chi connectivity index (χ1n) is 4.89. The van der Waals surface area contributed by atoms with Crippen LogP contribution < -0.4 is 11.3 Å². The van der Waals surface area contributed by atoms with Crippen molar-refractivity contribution in [3.8, 4) is 0 Å². The van der Waals surface area contributed by atoms with E-state index in [4.69, 9.17) is 9.84 Å². The Bertz CT molecular complexity index is 507. The topological polar surface area (TPSA) is 133 Å². The molecule has 1 fully saturated rings. The first-order chi connectivity index (χ1) is 8.04. The minimum Gasteiger partial charge on any atom is -0.417 e. The average Bonchev–Trinajstić information content (AvgIpc) is 2.57. The van der Waals surface area contributed by atoms with Crippen LogP contribution in [0, 0.1) is 0 Å². The summed E-state index contributed by atoms with van der Waals surface area (Å²) in [6.45, 7) is -0.497. The monoisotopic (exact) mass is 245 g/mol. The van der Waals surface area contributed by atoms with E-state index in [1.54, 1.807) is 0 Å². The zero-order chi connectivity index (χ0) is 12.6. The van der Waals surface area contributed by atoms with E-state index >= 15 is 0 Å². The predicted octanol–water partition coefficient (Wildman–Crippen LogP) is -2.52. The molecule has 2 heterocycles. The van der Waals surface area contributed by atoms with Crippen molar-refractivity contribution in [2.24, 2.45) is 0 Å². The molecular weight excluding hydrogens is 234 g/mol. The van der Waals surface area contributed by atoms with Gasteiger partial charge in [0.2, 0.25) is 0 Å². The Morgan fingerprint density at radius 1 is 1.29 bits per heavy atom. The maximum absolute atomic E-state index is 11.4. The fourth-order valence-corrected chi connectivity index (χ4v) is 1.72. The first-order valence-corrected chi connectivity index (χ1v) is 4.89. The van der Waals surface area contributed by atoms with Crippen LogP contribution in [0.4, 0.5) is 0 Å². The maximum Gasteiger partial charge on any atom is 0.419 e. The molecule has 1 aliphatic rings. The van der Waals surface area contributed by atoms with Crippen molar-refractivity contribution in [1.29, 1.82) is 0 Å². The highest BCUT2D eigenvalue weighted by atomic mass is 16.6. The van der Waals surface area contributed by atoms with Gasteiger partial charge in [-0.25, -0.2) is 4.79 Å². The molecule has 1 aliphatic heterocycles. The Balaban J connectivity index is 2.35. The third-order valence-electron chi connectivity index (χ3n) is 2.62. The van der Waals surface area contributed by atoms with Gasteiger partial charge in [-0.3, -0.25) is 9.78 Å². The van der Waals surface area contributed by atoms with E-state index in [2.05, 4.69) is 4.42 Å². The van der Waals surface area contributed by atoms with Crippen molar-refractivity contribution in [3.63, 3.8) is 0 Å². The summed E-state index contributed by atoms with van der Waals surface area (Å²) >= 11 is 0. The summed E-state index contributed by atoms with van der Waals surface area (Å²) in [5, 5.41) is 28.0. The molecule has 0 bridgehead atoms. The Morgan fingerprint density at radius 3 is 2.53 bits per heavy atom. The Hall–Kier alpha value is -1.48. The lowest BCUT2D eigenvalue weighted by molar-refractivity contribution is -0.0237. The van der Waals surface area contributed by atoms with Crippen LogP contribution in [0.25, 0.3) is 0 Å². The molecule has 2 rings (SSSR count). The molecule has 4 atom stereocenters. The molecule has 0 aliphatic carbocycles. The fraction of sp³-hybridized carbons (Fsp3) is 0.556. The predicted molar refractivity (Wildman–Crippen MR) is 52.3 cm³/mol. The Labute approximate surface area is 94.1 Å². The van der Waals surface area contributed by atoms with Crippen LogP contribution in [-0.2, 0) is 4.74 Å². The summed E-state index contributed by atoms with van der Waals surface area (Å²) in [6.07, 6.45) is -3.95. The van der Waals surface area contributed by atoms with Crippen LogP contribution in [-0.4, -0.2) is 45.2 Å². The molecule has 0 spiro atoms. The van der Waals surface area contributed by atoms with Gasteiger partial charge in [0.15, 0.2) is 0 Å². The van der Waals surface area contributed by atoms with E-state index in [9.17, 15) is 19.8 Å². The highest BCUT2D eigenvalue weighted by molar-refractivity contribution is 5.12. The van der Waals surface area contributed by atoms with Crippen molar-refractivity contribution in [2.45, 2.75) is 24.4 Å². The molecule has 8 heteroatoms. The van der Waals surface area contributed by atoms with Gasteiger partial charge in [-0.15, -0.1) is 0 Å². The SMILES string of the molecule is O=c1[nH]c(=O)c([C@@H]2O[C@H](CO)C(O)[C@@H]2O)co1. The molecule has 8 nitrogen and oxygen atoms in total. The summed E-state index contributed by atoms with van der Waals surface area (Å²) in [4.78, 5) is 24.0. The largest absolute Gasteiger partial charge is 0.419 e. The molecule has 1 saturated heterocycles. The average molecular weight is 245 g/mol. The number of aromatic amines is 1. The molecule has 0 aromatic carbocycles. The van der Waals surface area contributed by atoms with Gasteiger partial charge in [-0.2, -0.15) is 0 Å². The van der Waals surface area contributed by atoms with E-state index in [1.807, 2.05) is 4.98 Å². The highest BCUT2D eigenvalue weighted by Gasteiger charge is 2.44. The van der Waals surface area contributed by atoms with Crippen LogP contribution >= 0.6 is 0 Å². The van der Waals surface area contributed by atoms with Gasteiger partial charge in [-0.05, 0) is 0 Å². The summed E-state index contributed by atoms with van der Waals surface area (Å²) < 4.78 is 9.57. The standard InChI is InChI=1S/C9H11NO7/c11-1-4-5(12)6(13)7(17-4)3-2-16-9(15)10-8(3)14/h2,4-7,11-13H,1H2,(H,10,14,15)/t4-,5?,6+,7+/m1/s1. The summed E-state index contributed by atoms with van der Waals surface area (Å²) in [5.74, 6) is -0.925. The van der Waals surface area contributed by atoms with Gasteiger partial charge in [0.25, 0.3) is 5.56 Å². The van der Waals surface area contributed by atoms with Crippen LogP contribution in [0.15, 0.2) is 20.3 Å². The normalized spacial score (nSPS) is 32.9. The molecular formula is C9H11NO7. The molecule has 17 heavy (non-hydrogen) atoms. The second-order valence-electron chi connectivity index (χ2n) is 3.69. The van der Waals surface area contributed by atoms with Gasteiger partial charge in [0.1, 0.15) is 30.7 Å². The quantitative estimate of drug-likeness (QED) is 0.452. The number of nitrogens with one attached hydrogen (secondary N) is 1. The smallest absolute Gasteiger partial charge is 0.417 e. The number of ether oxygens (including phenoxy) is 1. The van der Waals surface area contributed by atoms with Crippen LogP contribution in [0.2, 0.25) is 0 Å². The maximum atomic E-state index is 11.4. The van der Waals surface area contributed by atoms with Crippen molar-refractivity contribution in [2.75, 3.05) is 6.61 Å². The Kier molecular flexibility index (Phi) is 3.11. The molecule has 0 amide bonds. The van der Waals surface area contributed by atoms with Crippen molar-refractivity contribution in [1.82, 2.24) is 4.98 Å². The minimum absolute atomic E-state index is 0.118. The van der Waals surface area contributed by atoms with Gasteiger partial charge < -0.3 is 24.5 Å². The van der Waals surface area contributed by atoms with Gasteiger partial charge in [0, 0.05) is 0 Å². The number of H-pyrrole nitrogens is 1. The molecule has 1 aromatic rings. The number of hydrogen-bond donors (Lipinski definition) is 4. The third-order valence-corrected chi connectivity index (χ3v) is 2.62. The third kappa shape index (κ3) is 2.03. The van der Waals surface area contributed by atoms with Crippen LogP contribution in [0.3, 0.4) is 0 Å². The molecule has 4 N–H and O–H groups in total. The van der Waals surface area contributed by atoms with Crippen LogP contribution in [0.5, 0.6) is 0 Å². The van der Waals surface area contributed by atoms with Gasteiger partial charge >= 0.3 is 5.76 Å². The van der Waals surface area contributed by atoms with E-state index in [-0.39, 0.29) is 5.56 Å². The molecule has 1 unspecified atom stereocenters. The first kappa shape index (κ1) is 12.0. The molecule has 0 radical (unpaired) electrons. The fourth-order valence-electron chi connectivity index (χ4n) is 1.72. The summed E-state index contributed by atoms with van der Waals surface area (Å²) in [7, 11) is 0. The second kappa shape index (κ2) is 4.41. The lowest BCUT2D eigenvalue weighted by Crippen LogP contribution is -2.33. The minimum atomic E-state index is -1.37. The molecule has 0 saturated carbocycles.